The predicted octanol–water partition coefficient (Wildman–Crippen LogP) is 1.48. The number of ketones is 1. The van der Waals surface area contributed by atoms with Gasteiger partial charge in [-0.05, 0) is 6.92 Å². The van der Waals surface area contributed by atoms with Crippen molar-refractivity contribution in [1.82, 2.24) is 34.7 Å². The van der Waals surface area contributed by atoms with Gasteiger partial charge in [0, 0.05) is 38.3 Å². The highest BCUT2D eigenvalue weighted by Crippen LogP contribution is 2.39. The predicted molar refractivity (Wildman–Crippen MR) is 126 cm³/mol. The fourth-order valence-corrected chi connectivity index (χ4v) is 4.94. The van der Waals surface area contributed by atoms with E-state index in [1.807, 2.05) is 0 Å². The van der Waals surface area contributed by atoms with Crippen LogP contribution in [0.2, 0.25) is 5.02 Å². The summed E-state index contributed by atoms with van der Waals surface area (Å²) in [7, 11) is -0.0335. The summed E-state index contributed by atoms with van der Waals surface area (Å²) >= 11 is 5.85. The molecule has 0 radical (unpaired) electrons. The molecule has 0 aliphatic heterocycles. The first-order valence-corrected chi connectivity index (χ1v) is 12.5. The number of methoxy groups -OCH3 is 3. The van der Waals surface area contributed by atoms with Crippen LogP contribution >= 0.6 is 11.6 Å². The highest BCUT2D eigenvalue weighted by atomic mass is 35.5. The van der Waals surface area contributed by atoms with E-state index in [2.05, 4.69) is 34.9 Å². The zero-order valence-electron chi connectivity index (χ0n) is 19.7. The van der Waals surface area contributed by atoms with Gasteiger partial charge >= 0.3 is 0 Å². The summed E-state index contributed by atoms with van der Waals surface area (Å²) in [4.78, 5) is 28.0. The van der Waals surface area contributed by atoms with Crippen LogP contribution < -0.4 is 14.2 Å². The van der Waals surface area contributed by atoms with E-state index in [9.17, 15) is 13.2 Å². The molecule has 0 unspecified atom stereocenters. The molecule has 0 bridgehead atoms. The highest BCUT2D eigenvalue weighted by molar-refractivity contribution is 7.93. The third-order valence-corrected chi connectivity index (χ3v) is 7.55. The molecule has 14 nitrogen and oxygen atoms in total. The smallest absolute Gasteiger partial charge is 0.245 e. The van der Waals surface area contributed by atoms with Crippen molar-refractivity contribution in [3.63, 3.8) is 0 Å². The normalized spacial score (nSPS) is 15.8. The van der Waals surface area contributed by atoms with Gasteiger partial charge in [0.2, 0.25) is 27.7 Å². The number of anilines is 1. The molecule has 0 saturated heterocycles. The van der Waals surface area contributed by atoms with Crippen LogP contribution in [-0.4, -0.2) is 75.5 Å². The second-order valence-corrected chi connectivity index (χ2v) is 10.3. The molecule has 1 aliphatic carbocycles. The van der Waals surface area contributed by atoms with Crippen LogP contribution in [0, 0.1) is 0 Å². The van der Waals surface area contributed by atoms with E-state index >= 15 is 0 Å². The molecule has 1 aliphatic rings. The SMILES string of the molecule is COc1ncnc(OC)c1-n1c(NS(=O)(=O)[C@@H](C)[C@H](OC)c2ncc(Cl)cn2)nnc1C1CC(=O)C1. The molecular formula is C20H23ClN8O6S. The number of hydrogen-bond donors (Lipinski definition) is 1. The maximum atomic E-state index is 13.4. The Bertz CT molecular complexity index is 1340. The number of sulfonamides is 1. The molecule has 36 heavy (non-hydrogen) atoms. The minimum Gasteiger partial charge on any atom is -0.479 e. The summed E-state index contributed by atoms with van der Waals surface area (Å²) in [5.41, 5.74) is 0.177. The Morgan fingerprint density at radius 2 is 1.67 bits per heavy atom. The summed E-state index contributed by atoms with van der Waals surface area (Å²) in [6.07, 6.45) is 3.38. The first-order valence-electron chi connectivity index (χ1n) is 10.6. The summed E-state index contributed by atoms with van der Waals surface area (Å²) in [5, 5.41) is 7.36. The van der Waals surface area contributed by atoms with Crippen molar-refractivity contribution >= 4 is 33.4 Å². The van der Waals surface area contributed by atoms with Crippen molar-refractivity contribution < 1.29 is 27.4 Å². The second kappa shape index (κ2) is 10.3. The minimum absolute atomic E-state index is 0.0550. The molecular weight excluding hydrogens is 516 g/mol. The molecule has 0 aromatic carbocycles. The van der Waals surface area contributed by atoms with Gasteiger partial charge in [-0.1, -0.05) is 11.6 Å². The van der Waals surface area contributed by atoms with E-state index in [1.165, 1.54) is 51.5 Å². The van der Waals surface area contributed by atoms with Gasteiger partial charge in [0.15, 0.2) is 11.5 Å². The number of aromatic nitrogens is 7. The van der Waals surface area contributed by atoms with Gasteiger partial charge in [-0.25, -0.2) is 18.4 Å². The van der Waals surface area contributed by atoms with Gasteiger partial charge in [-0.2, -0.15) is 9.97 Å². The van der Waals surface area contributed by atoms with E-state index in [0.29, 0.717) is 10.8 Å². The lowest BCUT2D eigenvalue weighted by Crippen LogP contribution is -2.33. The molecule has 3 aromatic heterocycles. The standard InChI is InChI=1S/C20H23ClN8O6S/c1-10(15(33-2)16-22-7-12(21)8-23-16)36(31,32)28-20-27-26-17(11-5-13(30)6-11)29(20)14-18(34-3)24-9-25-19(14)35-4/h7-11,15H,5-6H2,1-4H3,(H,27,28)/t10-,15-/m0/s1. The molecule has 0 amide bonds. The lowest BCUT2D eigenvalue weighted by atomic mass is 9.83. The number of halogens is 1. The van der Waals surface area contributed by atoms with Crippen molar-refractivity contribution in [3.8, 4) is 17.4 Å². The van der Waals surface area contributed by atoms with Crippen LogP contribution in [0.1, 0.15) is 43.4 Å². The molecule has 1 saturated carbocycles. The van der Waals surface area contributed by atoms with E-state index in [4.69, 9.17) is 25.8 Å². The topological polar surface area (TPSA) is 173 Å². The Labute approximate surface area is 211 Å². The van der Waals surface area contributed by atoms with Gasteiger partial charge in [-0.3, -0.25) is 14.1 Å². The largest absolute Gasteiger partial charge is 0.479 e. The zero-order chi connectivity index (χ0) is 26.0. The first-order chi connectivity index (χ1) is 17.2. The Balaban J connectivity index is 1.77. The monoisotopic (exact) mass is 538 g/mol. The Morgan fingerprint density at radius 3 is 2.19 bits per heavy atom. The molecule has 16 heteroatoms. The fraction of sp³-hybridized carbons (Fsp3) is 0.450. The van der Waals surface area contributed by atoms with Crippen LogP contribution in [0.15, 0.2) is 18.7 Å². The van der Waals surface area contributed by atoms with Crippen LogP contribution in [0.4, 0.5) is 5.95 Å². The lowest BCUT2D eigenvalue weighted by molar-refractivity contribution is -0.124. The van der Waals surface area contributed by atoms with Crippen molar-refractivity contribution in [2.45, 2.75) is 37.0 Å². The summed E-state index contributed by atoms with van der Waals surface area (Å²) < 4.78 is 46.9. The number of rotatable bonds is 10. The number of hydrogen-bond acceptors (Lipinski definition) is 12. The first kappa shape index (κ1) is 25.7. The highest BCUT2D eigenvalue weighted by Gasteiger charge is 2.38. The number of Topliss-reactive ketones (excluding diaryl/α,β-unsaturated/α-hetero) is 1. The molecule has 4 rings (SSSR count). The van der Waals surface area contributed by atoms with E-state index in [1.54, 1.807) is 0 Å². The van der Waals surface area contributed by atoms with Crippen LogP contribution in [0.25, 0.3) is 5.69 Å². The Kier molecular flexibility index (Phi) is 7.33. The summed E-state index contributed by atoms with van der Waals surface area (Å²) in [6.45, 7) is 1.44. The van der Waals surface area contributed by atoms with Crippen molar-refractivity contribution in [3.05, 3.63) is 35.4 Å². The Morgan fingerprint density at radius 1 is 1.06 bits per heavy atom. The molecule has 3 heterocycles. The maximum Gasteiger partial charge on any atom is 0.245 e. The summed E-state index contributed by atoms with van der Waals surface area (Å²) in [6, 6.07) is 0. The van der Waals surface area contributed by atoms with Gasteiger partial charge in [0.1, 0.15) is 29.3 Å². The third kappa shape index (κ3) is 4.81. The van der Waals surface area contributed by atoms with Gasteiger partial charge < -0.3 is 14.2 Å². The van der Waals surface area contributed by atoms with Gasteiger partial charge in [0.25, 0.3) is 0 Å². The number of nitrogens with one attached hydrogen (secondary N) is 1. The zero-order valence-corrected chi connectivity index (χ0v) is 21.3. The van der Waals surface area contributed by atoms with E-state index < -0.39 is 21.4 Å². The molecule has 2 atom stereocenters. The fourth-order valence-electron chi connectivity index (χ4n) is 3.72. The molecule has 1 N–H and O–H groups in total. The quantitative estimate of drug-likeness (QED) is 0.394. The van der Waals surface area contributed by atoms with Crippen LogP contribution in [0.3, 0.4) is 0 Å². The minimum atomic E-state index is -4.17. The van der Waals surface area contributed by atoms with Crippen molar-refractivity contribution in [2.75, 3.05) is 26.1 Å². The summed E-state index contributed by atoms with van der Waals surface area (Å²) in [5.74, 6) is 0.238. The number of carbonyl (C=O) groups excluding carboxylic acids is 1. The lowest BCUT2D eigenvalue weighted by Gasteiger charge is -2.25. The number of ether oxygens (including phenoxy) is 3. The molecule has 0 spiro atoms. The maximum absolute atomic E-state index is 13.4. The third-order valence-electron chi connectivity index (χ3n) is 5.66. The van der Waals surface area contributed by atoms with Crippen molar-refractivity contribution in [1.29, 1.82) is 0 Å². The number of carbonyl (C=O) groups is 1. The Hall–Kier alpha value is -3.43. The molecule has 1 fully saturated rings. The average molecular weight is 539 g/mol. The second-order valence-electron chi connectivity index (χ2n) is 7.87. The van der Waals surface area contributed by atoms with E-state index in [0.717, 1.165) is 0 Å². The average Bonchev–Trinajstić information content (AvgIpc) is 3.24. The van der Waals surface area contributed by atoms with Gasteiger partial charge in [-0.15, -0.1) is 10.2 Å². The van der Waals surface area contributed by atoms with E-state index in [-0.39, 0.29) is 53.8 Å². The molecule has 3 aromatic rings. The van der Waals surface area contributed by atoms with Gasteiger partial charge in [0.05, 0.1) is 19.2 Å². The van der Waals surface area contributed by atoms with Crippen molar-refractivity contribution in [2.24, 2.45) is 0 Å². The van der Waals surface area contributed by atoms with Crippen LogP contribution in [0.5, 0.6) is 11.8 Å². The number of nitrogens with zero attached hydrogens (tertiary/aromatic N) is 7. The van der Waals surface area contributed by atoms with Crippen LogP contribution in [-0.2, 0) is 19.6 Å². The molecule has 192 valence electrons.